The highest BCUT2D eigenvalue weighted by Gasteiger charge is 2.23. The molecule has 0 saturated heterocycles. The van der Waals surface area contributed by atoms with Gasteiger partial charge in [0.2, 0.25) is 5.95 Å². The van der Waals surface area contributed by atoms with Crippen LogP contribution in [0.2, 0.25) is 0 Å². The van der Waals surface area contributed by atoms with Crippen LogP contribution < -0.4 is 10.0 Å². The van der Waals surface area contributed by atoms with Crippen LogP contribution in [0.1, 0.15) is 23.8 Å². The van der Waals surface area contributed by atoms with E-state index in [0.717, 1.165) is 0 Å². The number of sulfonamides is 1. The SMILES string of the molecule is CCC(OC(=O)c1cnc2ccccc2n1)C(=O)Nc1ccc(S(=O)(=O)Nc2ncccn2)cc1. The van der Waals surface area contributed by atoms with E-state index >= 15 is 0 Å². The van der Waals surface area contributed by atoms with Crippen LogP contribution in [0.4, 0.5) is 11.6 Å². The predicted molar refractivity (Wildman–Crippen MR) is 127 cm³/mol. The normalized spacial score (nSPS) is 12.0. The number of hydrogen-bond donors (Lipinski definition) is 2. The highest BCUT2D eigenvalue weighted by atomic mass is 32.2. The summed E-state index contributed by atoms with van der Waals surface area (Å²) in [5.74, 6) is -1.41. The molecule has 0 aliphatic rings. The van der Waals surface area contributed by atoms with E-state index in [1.54, 1.807) is 31.2 Å². The van der Waals surface area contributed by atoms with E-state index in [2.05, 4.69) is 30.0 Å². The lowest BCUT2D eigenvalue weighted by Crippen LogP contribution is -2.32. The lowest BCUT2D eigenvalue weighted by Gasteiger charge is -2.16. The van der Waals surface area contributed by atoms with E-state index in [9.17, 15) is 18.0 Å². The zero-order valence-electron chi connectivity index (χ0n) is 18.5. The van der Waals surface area contributed by atoms with Crippen molar-refractivity contribution in [2.45, 2.75) is 24.3 Å². The summed E-state index contributed by atoms with van der Waals surface area (Å²) in [4.78, 5) is 41.2. The second-order valence-electron chi connectivity index (χ2n) is 7.24. The molecule has 2 aromatic heterocycles. The van der Waals surface area contributed by atoms with E-state index in [1.807, 2.05) is 6.07 Å². The molecule has 178 valence electrons. The van der Waals surface area contributed by atoms with Crippen molar-refractivity contribution in [2.75, 3.05) is 10.0 Å². The van der Waals surface area contributed by atoms with Gasteiger partial charge in [-0.05, 0) is 48.9 Å². The molecule has 0 saturated carbocycles. The molecule has 0 radical (unpaired) electrons. The Morgan fingerprint density at radius 1 is 0.943 bits per heavy atom. The fourth-order valence-corrected chi connectivity index (χ4v) is 4.00. The first-order valence-corrected chi connectivity index (χ1v) is 12.0. The van der Waals surface area contributed by atoms with Gasteiger partial charge in [-0.3, -0.25) is 9.78 Å². The van der Waals surface area contributed by atoms with Crippen LogP contribution >= 0.6 is 0 Å². The number of nitrogens with one attached hydrogen (secondary N) is 2. The minimum atomic E-state index is -3.91. The Balaban J connectivity index is 1.40. The molecule has 0 aliphatic carbocycles. The zero-order chi connectivity index (χ0) is 24.8. The predicted octanol–water partition coefficient (Wildman–Crippen LogP) is 2.79. The first-order chi connectivity index (χ1) is 16.9. The van der Waals surface area contributed by atoms with Crippen molar-refractivity contribution in [1.82, 2.24) is 19.9 Å². The van der Waals surface area contributed by atoms with Gasteiger partial charge in [-0.1, -0.05) is 19.1 Å². The number of amides is 1. The Kier molecular flexibility index (Phi) is 6.92. The van der Waals surface area contributed by atoms with Crippen LogP contribution in [0.3, 0.4) is 0 Å². The number of rotatable bonds is 8. The van der Waals surface area contributed by atoms with E-state index in [4.69, 9.17) is 4.74 Å². The lowest BCUT2D eigenvalue weighted by molar-refractivity contribution is -0.124. The number of benzene rings is 2. The third kappa shape index (κ3) is 5.73. The maximum atomic E-state index is 12.7. The number of hydrogen-bond acceptors (Lipinski definition) is 9. The van der Waals surface area contributed by atoms with Gasteiger partial charge in [0.15, 0.2) is 11.8 Å². The molecule has 12 heteroatoms. The summed E-state index contributed by atoms with van der Waals surface area (Å²) in [6.07, 6.45) is 3.24. The lowest BCUT2D eigenvalue weighted by atomic mass is 10.2. The van der Waals surface area contributed by atoms with Gasteiger partial charge < -0.3 is 10.1 Å². The highest BCUT2D eigenvalue weighted by Crippen LogP contribution is 2.17. The summed E-state index contributed by atoms with van der Waals surface area (Å²) in [6.45, 7) is 1.69. The van der Waals surface area contributed by atoms with E-state index in [0.29, 0.717) is 16.7 Å². The average Bonchev–Trinajstić information content (AvgIpc) is 2.87. The molecule has 2 aromatic carbocycles. The van der Waals surface area contributed by atoms with Crippen molar-refractivity contribution in [3.05, 3.63) is 78.9 Å². The van der Waals surface area contributed by atoms with E-state index in [-0.39, 0.29) is 23.0 Å². The van der Waals surface area contributed by atoms with Crippen LogP contribution in [0.25, 0.3) is 11.0 Å². The molecule has 11 nitrogen and oxygen atoms in total. The molecule has 1 atom stereocenters. The smallest absolute Gasteiger partial charge is 0.359 e. The Hall–Kier alpha value is -4.45. The summed E-state index contributed by atoms with van der Waals surface area (Å²) in [5.41, 5.74) is 1.47. The monoisotopic (exact) mass is 492 g/mol. The minimum absolute atomic E-state index is 0.0144. The Bertz CT molecular complexity index is 1460. The van der Waals surface area contributed by atoms with Crippen molar-refractivity contribution in [1.29, 1.82) is 0 Å². The van der Waals surface area contributed by atoms with Crippen molar-refractivity contribution < 1.29 is 22.7 Å². The van der Waals surface area contributed by atoms with Crippen molar-refractivity contribution in [3.63, 3.8) is 0 Å². The average molecular weight is 493 g/mol. The zero-order valence-corrected chi connectivity index (χ0v) is 19.3. The first kappa shape index (κ1) is 23.7. The third-order valence-electron chi connectivity index (χ3n) is 4.79. The minimum Gasteiger partial charge on any atom is -0.447 e. The molecule has 35 heavy (non-hydrogen) atoms. The summed E-state index contributed by atoms with van der Waals surface area (Å²) >= 11 is 0. The second kappa shape index (κ2) is 10.2. The Labute approximate surface area is 200 Å². The molecular formula is C23H20N6O5S. The molecule has 0 aliphatic heterocycles. The highest BCUT2D eigenvalue weighted by molar-refractivity contribution is 7.92. The Morgan fingerprint density at radius 2 is 1.63 bits per heavy atom. The number of aromatic nitrogens is 4. The molecule has 0 spiro atoms. The molecule has 0 fully saturated rings. The van der Waals surface area contributed by atoms with Gasteiger partial charge in [-0.15, -0.1) is 0 Å². The number of carbonyl (C=O) groups is 2. The number of nitrogens with zero attached hydrogens (tertiary/aromatic N) is 4. The topological polar surface area (TPSA) is 153 Å². The van der Waals surface area contributed by atoms with Crippen LogP contribution in [0, 0.1) is 0 Å². The van der Waals surface area contributed by atoms with Crippen LogP contribution in [-0.4, -0.2) is 46.3 Å². The number of fused-ring (bicyclic) bond motifs is 1. The third-order valence-corrected chi connectivity index (χ3v) is 6.14. The van der Waals surface area contributed by atoms with Gasteiger partial charge in [0.05, 0.1) is 22.1 Å². The number of anilines is 2. The molecular weight excluding hydrogens is 472 g/mol. The first-order valence-electron chi connectivity index (χ1n) is 10.5. The second-order valence-corrected chi connectivity index (χ2v) is 8.92. The summed E-state index contributed by atoms with van der Waals surface area (Å²) in [7, 11) is -3.91. The standard InChI is InChI=1S/C23H20N6O5S/c1-2-20(34-22(31)19-14-26-17-6-3-4-7-18(17)28-19)21(30)27-15-8-10-16(11-9-15)35(32,33)29-23-24-12-5-13-25-23/h3-14,20H,2H2,1H3,(H,27,30)(H,24,25,29). The summed E-state index contributed by atoms with van der Waals surface area (Å²) in [5, 5.41) is 2.62. The summed E-state index contributed by atoms with van der Waals surface area (Å²) in [6, 6.07) is 14.1. The molecule has 1 unspecified atom stereocenters. The number of para-hydroxylation sites is 2. The molecule has 2 N–H and O–H groups in total. The summed E-state index contributed by atoms with van der Waals surface area (Å²) < 4.78 is 32.6. The Morgan fingerprint density at radius 3 is 2.31 bits per heavy atom. The number of esters is 1. The maximum Gasteiger partial charge on any atom is 0.359 e. The van der Waals surface area contributed by atoms with E-state index < -0.39 is 28.0 Å². The van der Waals surface area contributed by atoms with Crippen molar-refractivity contribution >= 4 is 44.6 Å². The van der Waals surface area contributed by atoms with Gasteiger partial charge >= 0.3 is 5.97 Å². The molecule has 4 rings (SSSR count). The fourth-order valence-electron chi connectivity index (χ4n) is 3.04. The number of ether oxygens (including phenoxy) is 1. The van der Waals surface area contributed by atoms with Gasteiger partial charge in [0, 0.05) is 18.1 Å². The van der Waals surface area contributed by atoms with Crippen LogP contribution in [0.5, 0.6) is 0 Å². The van der Waals surface area contributed by atoms with Crippen molar-refractivity contribution in [2.24, 2.45) is 0 Å². The van der Waals surface area contributed by atoms with Gasteiger partial charge in [-0.2, -0.15) is 0 Å². The van der Waals surface area contributed by atoms with Gasteiger partial charge in [-0.25, -0.2) is 32.9 Å². The van der Waals surface area contributed by atoms with Crippen molar-refractivity contribution in [3.8, 4) is 0 Å². The quantitative estimate of drug-likeness (QED) is 0.353. The molecule has 0 bridgehead atoms. The largest absolute Gasteiger partial charge is 0.447 e. The fraction of sp³-hybridized carbons (Fsp3) is 0.130. The van der Waals surface area contributed by atoms with Gasteiger partial charge in [0.25, 0.3) is 15.9 Å². The maximum absolute atomic E-state index is 12.7. The molecule has 2 heterocycles. The van der Waals surface area contributed by atoms with Crippen LogP contribution in [-0.2, 0) is 19.6 Å². The number of carbonyl (C=O) groups excluding carboxylic acids is 2. The molecule has 4 aromatic rings. The van der Waals surface area contributed by atoms with Gasteiger partial charge in [0.1, 0.15) is 0 Å². The molecule has 1 amide bonds. The van der Waals surface area contributed by atoms with E-state index in [1.165, 1.54) is 42.9 Å². The van der Waals surface area contributed by atoms with Crippen LogP contribution in [0.15, 0.2) is 78.1 Å².